The fourth-order valence-electron chi connectivity index (χ4n) is 3.41. The molecule has 0 amide bonds. The van der Waals surface area contributed by atoms with Gasteiger partial charge in [-0.2, -0.15) is 0 Å². The SMILES string of the molecule is Clc1nc(-c2cccc3c4c(sc23)CCC=C4)c2ccccc2n1. The Morgan fingerprint density at radius 3 is 2.79 bits per heavy atom. The van der Waals surface area contributed by atoms with Gasteiger partial charge >= 0.3 is 0 Å². The van der Waals surface area contributed by atoms with Crippen molar-refractivity contribution >= 4 is 50.0 Å². The van der Waals surface area contributed by atoms with Crippen molar-refractivity contribution in [3.8, 4) is 11.3 Å². The number of aromatic nitrogens is 2. The van der Waals surface area contributed by atoms with Gasteiger partial charge in [-0.05, 0) is 36.1 Å². The molecule has 0 atom stereocenters. The van der Waals surface area contributed by atoms with E-state index in [1.165, 1.54) is 20.5 Å². The van der Waals surface area contributed by atoms with E-state index in [1.807, 2.05) is 29.5 Å². The van der Waals surface area contributed by atoms with E-state index in [2.05, 4.69) is 46.4 Å². The van der Waals surface area contributed by atoms with Crippen molar-refractivity contribution in [2.24, 2.45) is 0 Å². The van der Waals surface area contributed by atoms with E-state index >= 15 is 0 Å². The third-order valence-corrected chi connectivity index (χ3v) is 5.97. The van der Waals surface area contributed by atoms with Gasteiger partial charge in [0.15, 0.2) is 0 Å². The van der Waals surface area contributed by atoms with Crippen LogP contribution in [0.1, 0.15) is 16.9 Å². The summed E-state index contributed by atoms with van der Waals surface area (Å²) in [4.78, 5) is 10.4. The molecule has 0 saturated carbocycles. The number of thiophene rings is 1. The van der Waals surface area contributed by atoms with Gasteiger partial charge in [-0.1, -0.05) is 48.6 Å². The minimum atomic E-state index is 0.293. The number of rotatable bonds is 1. The van der Waals surface area contributed by atoms with Gasteiger partial charge in [0.2, 0.25) is 5.28 Å². The van der Waals surface area contributed by atoms with Crippen LogP contribution < -0.4 is 0 Å². The van der Waals surface area contributed by atoms with Crippen LogP contribution in [0.2, 0.25) is 5.28 Å². The van der Waals surface area contributed by atoms with Crippen LogP contribution in [0.5, 0.6) is 0 Å². The molecule has 0 N–H and O–H groups in total. The molecule has 1 aliphatic rings. The van der Waals surface area contributed by atoms with Crippen LogP contribution in [0.15, 0.2) is 48.5 Å². The first-order valence-corrected chi connectivity index (χ1v) is 9.14. The summed E-state index contributed by atoms with van der Waals surface area (Å²) in [5, 5.41) is 2.64. The van der Waals surface area contributed by atoms with Crippen molar-refractivity contribution in [1.29, 1.82) is 0 Å². The lowest BCUT2D eigenvalue weighted by Gasteiger charge is -2.07. The molecule has 0 radical (unpaired) electrons. The molecule has 24 heavy (non-hydrogen) atoms. The predicted molar refractivity (Wildman–Crippen MR) is 103 cm³/mol. The smallest absolute Gasteiger partial charge is 0.218 e. The van der Waals surface area contributed by atoms with E-state index in [0.29, 0.717) is 5.28 Å². The van der Waals surface area contributed by atoms with E-state index in [-0.39, 0.29) is 0 Å². The van der Waals surface area contributed by atoms with E-state index in [0.717, 1.165) is 35.0 Å². The molecule has 2 nitrogen and oxygen atoms in total. The Morgan fingerprint density at radius 1 is 0.958 bits per heavy atom. The van der Waals surface area contributed by atoms with Gasteiger partial charge in [0.25, 0.3) is 0 Å². The second-order valence-corrected chi connectivity index (χ2v) is 7.36. The predicted octanol–water partition coefficient (Wildman–Crippen LogP) is 6.12. The Morgan fingerprint density at radius 2 is 1.83 bits per heavy atom. The average Bonchev–Trinajstić information content (AvgIpc) is 3.00. The lowest BCUT2D eigenvalue weighted by Crippen LogP contribution is -1.91. The summed E-state index contributed by atoms with van der Waals surface area (Å²) < 4.78 is 1.29. The fourth-order valence-corrected chi connectivity index (χ4v) is 4.90. The van der Waals surface area contributed by atoms with Crippen LogP contribution in [0, 0.1) is 0 Å². The first-order valence-electron chi connectivity index (χ1n) is 7.95. The maximum atomic E-state index is 6.20. The number of hydrogen-bond acceptors (Lipinski definition) is 3. The summed E-state index contributed by atoms with van der Waals surface area (Å²) >= 11 is 8.08. The molecule has 0 fully saturated rings. The van der Waals surface area contributed by atoms with Crippen molar-refractivity contribution in [3.63, 3.8) is 0 Å². The lowest BCUT2D eigenvalue weighted by molar-refractivity contribution is 1.02. The zero-order chi connectivity index (χ0) is 16.1. The van der Waals surface area contributed by atoms with Crippen molar-refractivity contribution in [2.75, 3.05) is 0 Å². The zero-order valence-corrected chi connectivity index (χ0v) is 14.4. The standard InChI is InChI=1S/C20H13ClN2S/c21-20-22-16-10-3-1-7-14(16)18(23-20)15-9-5-8-13-12-6-2-4-11-17(12)24-19(13)15/h1-3,5-10H,4,11H2. The van der Waals surface area contributed by atoms with Crippen LogP contribution in [0.25, 0.3) is 38.3 Å². The molecule has 4 heteroatoms. The van der Waals surface area contributed by atoms with E-state index in [4.69, 9.17) is 11.6 Å². The number of allylic oxidation sites excluding steroid dienone is 1. The quantitative estimate of drug-likeness (QED) is 0.387. The molecule has 0 saturated heterocycles. The van der Waals surface area contributed by atoms with Crippen LogP contribution >= 0.6 is 22.9 Å². The minimum absolute atomic E-state index is 0.293. The largest absolute Gasteiger partial charge is 0.223 e. The molecule has 0 bridgehead atoms. The Balaban J connectivity index is 1.88. The minimum Gasteiger partial charge on any atom is -0.218 e. The fraction of sp³-hybridized carbons (Fsp3) is 0.100. The number of para-hydroxylation sites is 1. The topological polar surface area (TPSA) is 25.8 Å². The molecule has 5 rings (SSSR count). The van der Waals surface area contributed by atoms with Crippen molar-refractivity contribution < 1.29 is 0 Å². The number of fused-ring (bicyclic) bond motifs is 4. The Labute approximate surface area is 148 Å². The Kier molecular flexibility index (Phi) is 3.18. The van der Waals surface area contributed by atoms with Gasteiger partial charge in [-0.25, -0.2) is 9.97 Å². The molecule has 0 spiro atoms. The van der Waals surface area contributed by atoms with Gasteiger partial charge in [-0.15, -0.1) is 11.3 Å². The molecule has 116 valence electrons. The molecule has 0 unspecified atom stereocenters. The summed E-state index contributed by atoms with van der Waals surface area (Å²) in [5.74, 6) is 0. The van der Waals surface area contributed by atoms with Crippen LogP contribution in [0.4, 0.5) is 0 Å². The maximum absolute atomic E-state index is 6.20. The molecular formula is C20H13ClN2S. The van der Waals surface area contributed by atoms with Crippen LogP contribution in [0.3, 0.4) is 0 Å². The average molecular weight is 349 g/mol. The second-order valence-electron chi connectivity index (χ2n) is 5.92. The number of benzene rings is 2. The Bertz CT molecular complexity index is 1130. The molecule has 1 aliphatic carbocycles. The molecule has 2 aromatic carbocycles. The number of nitrogens with zero attached hydrogens (tertiary/aromatic N) is 2. The zero-order valence-electron chi connectivity index (χ0n) is 12.8. The lowest BCUT2D eigenvalue weighted by atomic mass is 9.99. The van der Waals surface area contributed by atoms with E-state index in [9.17, 15) is 0 Å². The molecule has 4 aromatic rings. The normalized spacial score (nSPS) is 13.5. The summed E-state index contributed by atoms with van der Waals surface area (Å²) in [7, 11) is 0. The maximum Gasteiger partial charge on any atom is 0.223 e. The van der Waals surface area contributed by atoms with Crippen LogP contribution in [-0.2, 0) is 6.42 Å². The third-order valence-electron chi connectivity index (χ3n) is 4.48. The van der Waals surface area contributed by atoms with Gasteiger partial charge in [0.1, 0.15) is 0 Å². The highest BCUT2D eigenvalue weighted by molar-refractivity contribution is 7.20. The van der Waals surface area contributed by atoms with E-state index in [1.54, 1.807) is 0 Å². The highest BCUT2D eigenvalue weighted by Gasteiger charge is 2.17. The van der Waals surface area contributed by atoms with Gasteiger partial charge in [-0.3, -0.25) is 0 Å². The number of aryl methyl sites for hydroxylation is 1. The Hall–Kier alpha value is -2.23. The molecule has 2 aromatic heterocycles. The van der Waals surface area contributed by atoms with Gasteiger partial charge in [0.05, 0.1) is 11.2 Å². The first-order chi connectivity index (χ1) is 11.8. The summed E-state index contributed by atoms with van der Waals surface area (Å²) in [6.45, 7) is 0. The van der Waals surface area contributed by atoms with E-state index < -0.39 is 0 Å². The number of hydrogen-bond donors (Lipinski definition) is 0. The van der Waals surface area contributed by atoms with Crippen molar-refractivity contribution in [3.05, 3.63) is 64.3 Å². The first kappa shape index (κ1) is 14.1. The molecule has 0 aliphatic heterocycles. The third kappa shape index (κ3) is 2.09. The molecular weight excluding hydrogens is 336 g/mol. The molecule has 2 heterocycles. The van der Waals surface area contributed by atoms with Crippen molar-refractivity contribution in [1.82, 2.24) is 9.97 Å². The number of halogens is 1. The van der Waals surface area contributed by atoms with Crippen LogP contribution in [-0.4, -0.2) is 9.97 Å². The monoisotopic (exact) mass is 348 g/mol. The highest BCUT2D eigenvalue weighted by Crippen LogP contribution is 2.41. The summed E-state index contributed by atoms with van der Waals surface area (Å²) in [6.07, 6.45) is 6.76. The highest BCUT2D eigenvalue weighted by atomic mass is 35.5. The second kappa shape index (κ2) is 5.40. The summed E-state index contributed by atoms with van der Waals surface area (Å²) in [6, 6.07) is 14.5. The van der Waals surface area contributed by atoms with Gasteiger partial charge < -0.3 is 0 Å². The summed E-state index contributed by atoms with van der Waals surface area (Å²) in [5.41, 5.74) is 4.30. The van der Waals surface area contributed by atoms with Crippen molar-refractivity contribution in [2.45, 2.75) is 12.8 Å². The van der Waals surface area contributed by atoms with Gasteiger partial charge in [0, 0.05) is 25.9 Å².